The first-order valence-electron chi connectivity index (χ1n) is 5.26. The van der Waals surface area contributed by atoms with Crippen LogP contribution in [0.1, 0.15) is 24.2 Å². The summed E-state index contributed by atoms with van der Waals surface area (Å²) in [5.74, 6) is 2.11. The number of benzene rings is 1. The summed E-state index contributed by atoms with van der Waals surface area (Å²) in [5.41, 5.74) is -0.377. The number of rotatable bonds is 3. The van der Waals surface area contributed by atoms with Crippen molar-refractivity contribution in [2.45, 2.75) is 24.3 Å². The highest BCUT2D eigenvalue weighted by atomic mass is 32.2. The van der Waals surface area contributed by atoms with Crippen molar-refractivity contribution < 1.29 is 13.2 Å². The Labute approximate surface area is 107 Å². The van der Waals surface area contributed by atoms with Gasteiger partial charge in [-0.3, -0.25) is 4.79 Å². The Morgan fingerprint density at radius 2 is 1.78 bits per heavy atom. The molecule has 96 valence electrons. The molecule has 0 aliphatic heterocycles. The molecule has 18 heavy (non-hydrogen) atoms. The fourth-order valence-electron chi connectivity index (χ4n) is 1.25. The third-order valence-corrected chi connectivity index (χ3v) is 3.46. The molecule has 1 N–H and O–H groups in total. The number of terminal acetylenes is 1. The van der Waals surface area contributed by atoms with Crippen LogP contribution in [0.15, 0.2) is 29.2 Å². The van der Waals surface area contributed by atoms with E-state index in [2.05, 4.69) is 11.2 Å². The van der Waals surface area contributed by atoms with Crippen molar-refractivity contribution in [3.05, 3.63) is 29.8 Å². The molecule has 0 saturated carbocycles. The van der Waals surface area contributed by atoms with E-state index in [-0.39, 0.29) is 10.8 Å². The van der Waals surface area contributed by atoms with E-state index in [9.17, 15) is 13.2 Å². The normalized spacial score (nSPS) is 11.7. The van der Waals surface area contributed by atoms with Gasteiger partial charge in [-0.1, -0.05) is 5.92 Å². The Morgan fingerprint density at radius 1 is 1.28 bits per heavy atom. The number of sulfone groups is 1. The maximum absolute atomic E-state index is 11.8. The molecule has 0 fully saturated rings. The van der Waals surface area contributed by atoms with Gasteiger partial charge in [-0.2, -0.15) is 0 Å². The fraction of sp³-hybridized carbons (Fsp3) is 0.308. The molecule has 5 heteroatoms. The van der Waals surface area contributed by atoms with Crippen LogP contribution in [0.4, 0.5) is 0 Å². The third kappa shape index (κ3) is 3.60. The van der Waals surface area contributed by atoms with E-state index in [1.54, 1.807) is 13.8 Å². The maximum atomic E-state index is 11.8. The minimum atomic E-state index is -3.25. The van der Waals surface area contributed by atoms with E-state index in [0.717, 1.165) is 6.26 Å². The first-order valence-corrected chi connectivity index (χ1v) is 7.15. The topological polar surface area (TPSA) is 63.2 Å². The predicted octanol–water partition coefficient (Wildman–Crippen LogP) is 1.23. The molecule has 0 radical (unpaired) electrons. The maximum Gasteiger partial charge on any atom is 0.252 e. The Balaban J connectivity index is 2.94. The van der Waals surface area contributed by atoms with Crippen molar-refractivity contribution in [1.29, 1.82) is 0 Å². The van der Waals surface area contributed by atoms with Gasteiger partial charge in [-0.25, -0.2) is 8.42 Å². The second-order valence-corrected chi connectivity index (χ2v) is 6.54. The van der Waals surface area contributed by atoms with Crippen molar-refractivity contribution in [1.82, 2.24) is 5.32 Å². The molecule has 0 atom stereocenters. The molecule has 1 aromatic rings. The second-order valence-electron chi connectivity index (χ2n) is 4.52. The number of amides is 1. The van der Waals surface area contributed by atoms with E-state index < -0.39 is 15.4 Å². The van der Waals surface area contributed by atoms with Gasteiger partial charge in [0, 0.05) is 11.8 Å². The molecule has 0 aliphatic carbocycles. The van der Waals surface area contributed by atoms with Crippen LogP contribution in [0, 0.1) is 12.3 Å². The lowest BCUT2D eigenvalue weighted by molar-refractivity contribution is 0.0930. The predicted molar refractivity (Wildman–Crippen MR) is 69.9 cm³/mol. The van der Waals surface area contributed by atoms with Crippen LogP contribution in [0.5, 0.6) is 0 Å². The van der Waals surface area contributed by atoms with Gasteiger partial charge in [0.1, 0.15) is 0 Å². The molecule has 1 aromatic carbocycles. The van der Waals surface area contributed by atoms with E-state index in [4.69, 9.17) is 6.42 Å². The number of hydrogen-bond acceptors (Lipinski definition) is 3. The average molecular weight is 265 g/mol. The smallest absolute Gasteiger partial charge is 0.252 e. The van der Waals surface area contributed by atoms with E-state index in [1.807, 2.05) is 0 Å². The van der Waals surface area contributed by atoms with Crippen LogP contribution < -0.4 is 5.32 Å². The molecule has 0 aromatic heterocycles. The third-order valence-electron chi connectivity index (χ3n) is 2.33. The molecule has 0 heterocycles. The van der Waals surface area contributed by atoms with Crippen molar-refractivity contribution in [2.75, 3.05) is 6.26 Å². The molecule has 4 nitrogen and oxygen atoms in total. The van der Waals surface area contributed by atoms with Crippen LogP contribution in [0.3, 0.4) is 0 Å². The summed E-state index contributed by atoms with van der Waals surface area (Å²) >= 11 is 0. The highest BCUT2D eigenvalue weighted by Crippen LogP contribution is 2.11. The van der Waals surface area contributed by atoms with Crippen LogP contribution in [-0.4, -0.2) is 26.1 Å². The Bertz CT molecular complexity index is 592. The summed E-state index contributed by atoms with van der Waals surface area (Å²) in [5, 5.41) is 2.66. The summed E-state index contributed by atoms with van der Waals surface area (Å²) in [6.07, 6.45) is 6.38. The zero-order valence-electron chi connectivity index (χ0n) is 10.5. The number of nitrogens with one attached hydrogen (secondary N) is 1. The molecule has 0 saturated heterocycles. The highest BCUT2D eigenvalue weighted by Gasteiger charge is 2.18. The monoisotopic (exact) mass is 265 g/mol. The summed E-state index contributed by atoms with van der Waals surface area (Å²) in [4.78, 5) is 12.0. The van der Waals surface area contributed by atoms with Crippen molar-refractivity contribution in [2.24, 2.45) is 0 Å². The van der Waals surface area contributed by atoms with Gasteiger partial charge >= 0.3 is 0 Å². The molecule has 0 bridgehead atoms. The lowest BCUT2D eigenvalue weighted by Gasteiger charge is -2.19. The SMILES string of the molecule is C#CC(C)(C)NC(=O)c1ccc(S(C)(=O)=O)cc1. The summed E-state index contributed by atoms with van der Waals surface area (Å²) in [7, 11) is -3.25. The highest BCUT2D eigenvalue weighted by molar-refractivity contribution is 7.90. The Kier molecular flexibility index (Phi) is 3.82. The fourth-order valence-corrected chi connectivity index (χ4v) is 1.88. The zero-order chi connectivity index (χ0) is 14.0. The summed E-state index contributed by atoms with van der Waals surface area (Å²) in [6.45, 7) is 3.41. The first kappa shape index (κ1) is 14.3. The molecular formula is C13H15NO3S. The molecular weight excluding hydrogens is 250 g/mol. The average Bonchev–Trinajstić information content (AvgIpc) is 2.27. The van der Waals surface area contributed by atoms with Gasteiger partial charge in [0.05, 0.1) is 10.4 Å². The van der Waals surface area contributed by atoms with Crippen LogP contribution in [-0.2, 0) is 9.84 Å². The molecule has 0 spiro atoms. The number of carbonyl (C=O) groups is 1. The second kappa shape index (κ2) is 4.83. The van der Waals surface area contributed by atoms with Gasteiger partial charge in [-0.05, 0) is 38.1 Å². The first-order chi connectivity index (χ1) is 8.15. The molecule has 1 rings (SSSR count). The van der Waals surface area contributed by atoms with Gasteiger partial charge in [0.2, 0.25) is 0 Å². The molecule has 0 unspecified atom stereocenters. The van der Waals surface area contributed by atoms with Crippen molar-refractivity contribution in [3.8, 4) is 12.3 Å². The minimum absolute atomic E-state index is 0.176. The van der Waals surface area contributed by atoms with Crippen LogP contribution in [0.25, 0.3) is 0 Å². The van der Waals surface area contributed by atoms with Crippen molar-refractivity contribution >= 4 is 15.7 Å². The lowest BCUT2D eigenvalue weighted by atomic mass is 10.1. The van der Waals surface area contributed by atoms with Gasteiger partial charge < -0.3 is 5.32 Å². The Morgan fingerprint density at radius 3 is 2.17 bits per heavy atom. The summed E-state index contributed by atoms with van der Waals surface area (Å²) in [6, 6.07) is 5.71. The zero-order valence-corrected chi connectivity index (χ0v) is 11.3. The minimum Gasteiger partial charge on any atom is -0.336 e. The lowest BCUT2D eigenvalue weighted by Crippen LogP contribution is -2.42. The van der Waals surface area contributed by atoms with Crippen LogP contribution >= 0.6 is 0 Å². The van der Waals surface area contributed by atoms with Crippen molar-refractivity contribution in [3.63, 3.8) is 0 Å². The van der Waals surface area contributed by atoms with E-state index in [0.29, 0.717) is 5.56 Å². The Hall–Kier alpha value is -1.80. The number of carbonyl (C=O) groups excluding carboxylic acids is 1. The van der Waals surface area contributed by atoms with Gasteiger partial charge in [-0.15, -0.1) is 6.42 Å². The van der Waals surface area contributed by atoms with E-state index >= 15 is 0 Å². The largest absolute Gasteiger partial charge is 0.336 e. The molecule has 1 amide bonds. The van der Waals surface area contributed by atoms with E-state index in [1.165, 1.54) is 24.3 Å². The van der Waals surface area contributed by atoms with Gasteiger partial charge in [0.25, 0.3) is 5.91 Å². The standard InChI is InChI=1S/C13H15NO3S/c1-5-13(2,3)14-12(15)10-6-8-11(9-7-10)18(4,16)17/h1,6-9H,2-4H3,(H,14,15). The van der Waals surface area contributed by atoms with Crippen LogP contribution in [0.2, 0.25) is 0 Å². The van der Waals surface area contributed by atoms with Gasteiger partial charge in [0.15, 0.2) is 9.84 Å². The summed E-state index contributed by atoms with van der Waals surface area (Å²) < 4.78 is 22.5. The molecule has 0 aliphatic rings. The quantitative estimate of drug-likeness (QED) is 0.836. The number of hydrogen-bond donors (Lipinski definition) is 1.